The molecule has 6 nitrogen and oxygen atoms in total. The van der Waals surface area contributed by atoms with Gasteiger partial charge < -0.3 is 15.2 Å². The number of rotatable bonds is 6. The molecule has 2 rings (SSSR count). The van der Waals surface area contributed by atoms with E-state index < -0.39 is 10.0 Å². The zero-order valence-electron chi connectivity index (χ0n) is 13.4. The molecule has 0 saturated carbocycles. The lowest BCUT2D eigenvalue weighted by Gasteiger charge is -2.19. The SMILES string of the molecule is CC(C)CC(CN)NS(=O)(=O)c1ccc2c(c1)OCCCO2.Cl. The van der Waals surface area contributed by atoms with Crippen LogP contribution in [0.4, 0.5) is 0 Å². The van der Waals surface area contributed by atoms with Crippen molar-refractivity contribution in [1.82, 2.24) is 4.72 Å². The molecule has 1 heterocycles. The van der Waals surface area contributed by atoms with Gasteiger partial charge in [-0.1, -0.05) is 13.8 Å². The number of nitrogens with one attached hydrogen (secondary N) is 1. The number of hydrogen-bond acceptors (Lipinski definition) is 5. The third-order valence-electron chi connectivity index (χ3n) is 3.39. The minimum absolute atomic E-state index is 0. The van der Waals surface area contributed by atoms with Crippen LogP contribution in [0.15, 0.2) is 23.1 Å². The molecule has 0 fully saturated rings. The highest BCUT2D eigenvalue weighted by Gasteiger charge is 2.22. The van der Waals surface area contributed by atoms with Crippen molar-refractivity contribution >= 4 is 22.4 Å². The van der Waals surface area contributed by atoms with Gasteiger partial charge in [0.25, 0.3) is 0 Å². The van der Waals surface area contributed by atoms with Crippen molar-refractivity contribution in [2.24, 2.45) is 11.7 Å². The maximum Gasteiger partial charge on any atom is 0.241 e. The van der Waals surface area contributed by atoms with Gasteiger partial charge in [-0.2, -0.15) is 0 Å². The number of sulfonamides is 1. The van der Waals surface area contributed by atoms with Gasteiger partial charge in [-0.15, -0.1) is 12.4 Å². The first kappa shape index (κ1) is 20.0. The van der Waals surface area contributed by atoms with Crippen LogP contribution in [0.1, 0.15) is 26.7 Å². The van der Waals surface area contributed by atoms with Crippen molar-refractivity contribution in [2.45, 2.75) is 37.6 Å². The molecular formula is C15H25ClN2O4S. The van der Waals surface area contributed by atoms with E-state index in [9.17, 15) is 8.42 Å². The number of fused-ring (bicyclic) bond motifs is 1. The predicted octanol–water partition coefficient (Wildman–Crippen LogP) is 1.92. The number of hydrogen-bond donors (Lipinski definition) is 2. The average molecular weight is 365 g/mol. The molecule has 1 unspecified atom stereocenters. The monoisotopic (exact) mass is 364 g/mol. The average Bonchev–Trinajstić information content (AvgIpc) is 2.70. The van der Waals surface area contributed by atoms with E-state index in [0.29, 0.717) is 37.1 Å². The van der Waals surface area contributed by atoms with E-state index in [2.05, 4.69) is 4.72 Å². The molecule has 0 saturated heterocycles. The number of nitrogens with two attached hydrogens (primary N) is 1. The fraction of sp³-hybridized carbons (Fsp3) is 0.600. The Morgan fingerprint density at radius 2 is 1.87 bits per heavy atom. The first-order valence-corrected chi connectivity index (χ1v) is 9.02. The van der Waals surface area contributed by atoms with Gasteiger partial charge in [0.2, 0.25) is 10.0 Å². The Balaban J connectivity index is 0.00000264. The molecule has 1 aliphatic rings. The Bertz CT molecular complexity index is 607. The molecule has 3 N–H and O–H groups in total. The Morgan fingerprint density at radius 3 is 2.48 bits per heavy atom. The van der Waals surface area contributed by atoms with Gasteiger partial charge in [0.15, 0.2) is 11.5 Å². The van der Waals surface area contributed by atoms with Crippen LogP contribution in [0.5, 0.6) is 11.5 Å². The minimum atomic E-state index is -3.63. The molecule has 0 aliphatic carbocycles. The summed E-state index contributed by atoms with van der Waals surface area (Å²) >= 11 is 0. The Hall–Kier alpha value is -1.02. The van der Waals surface area contributed by atoms with E-state index in [1.165, 1.54) is 12.1 Å². The van der Waals surface area contributed by atoms with E-state index in [4.69, 9.17) is 15.2 Å². The molecule has 0 aromatic heterocycles. The smallest absolute Gasteiger partial charge is 0.241 e. The fourth-order valence-electron chi connectivity index (χ4n) is 2.36. The summed E-state index contributed by atoms with van der Waals surface area (Å²) in [6, 6.07) is 4.39. The van der Waals surface area contributed by atoms with Crippen LogP contribution in [-0.2, 0) is 10.0 Å². The maximum absolute atomic E-state index is 12.5. The maximum atomic E-state index is 12.5. The van der Waals surface area contributed by atoms with Crippen molar-refractivity contribution in [2.75, 3.05) is 19.8 Å². The van der Waals surface area contributed by atoms with Crippen LogP contribution < -0.4 is 19.9 Å². The van der Waals surface area contributed by atoms with E-state index >= 15 is 0 Å². The molecule has 0 amide bonds. The quantitative estimate of drug-likeness (QED) is 0.804. The molecule has 1 atom stereocenters. The Morgan fingerprint density at radius 1 is 1.22 bits per heavy atom. The normalized spacial score (nSPS) is 15.7. The lowest BCUT2D eigenvalue weighted by atomic mass is 10.1. The Labute approximate surface area is 144 Å². The van der Waals surface area contributed by atoms with E-state index in [1.54, 1.807) is 6.07 Å². The Kier molecular flexibility index (Phi) is 7.60. The largest absolute Gasteiger partial charge is 0.490 e. The van der Waals surface area contributed by atoms with Crippen molar-refractivity contribution in [3.05, 3.63) is 18.2 Å². The van der Waals surface area contributed by atoms with Crippen LogP contribution in [0.25, 0.3) is 0 Å². The third kappa shape index (κ3) is 5.53. The molecule has 23 heavy (non-hydrogen) atoms. The van der Waals surface area contributed by atoms with Gasteiger partial charge in [-0.25, -0.2) is 13.1 Å². The first-order valence-electron chi connectivity index (χ1n) is 7.54. The van der Waals surface area contributed by atoms with Gasteiger partial charge in [-0.3, -0.25) is 0 Å². The summed E-state index contributed by atoms with van der Waals surface area (Å²) in [6.45, 7) is 5.42. The molecule has 0 bridgehead atoms. The van der Waals surface area contributed by atoms with Gasteiger partial charge >= 0.3 is 0 Å². The van der Waals surface area contributed by atoms with Gasteiger partial charge in [0.1, 0.15) is 0 Å². The van der Waals surface area contributed by atoms with Crippen LogP contribution >= 0.6 is 12.4 Å². The van der Waals surface area contributed by atoms with Crippen molar-refractivity contribution in [1.29, 1.82) is 0 Å². The number of ether oxygens (including phenoxy) is 2. The van der Waals surface area contributed by atoms with Gasteiger partial charge in [0.05, 0.1) is 18.1 Å². The third-order valence-corrected chi connectivity index (χ3v) is 4.91. The zero-order valence-corrected chi connectivity index (χ0v) is 15.1. The van der Waals surface area contributed by atoms with Crippen LogP contribution in [-0.4, -0.2) is 34.2 Å². The standard InChI is InChI=1S/C15H24N2O4S.ClH/c1-11(2)8-12(10-16)17-22(18,19)13-4-5-14-15(9-13)21-7-3-6-20-14;/h4-5,9,11-12,17H,3,6-8,10,16H2,1-2H3;1H. The first-order chi connectivity index (χ1) is 10.4. The summed E-state index contributed by atoms with van der Waals surface area (Å²) in [5.41, 5.74) is 5.67. The second-order valence-electron chi connectivity index (χ2n) is 5.84. The molecule has 8 heteroatoms. The fourth-order valence-corrected chi connectivity index (χ4v) is 3.64. The summed E-state index contributed by atoms with van der Waals surface area (Å²) in [4.78, 5) is 0.166. The lowest BCUT2D eigenvalue weighted by molar-refractivity contribution is 0.297. The summed E-state index contributed by atoms with van der Waals surface area (Å²) in [5, 5.41) is 0. The molecule has 0 radical (unpaired) electrons. The summed E-state index contributed by atoms with van der Waals surface area (Å²) < 4.78 is 38.7. The topological polar surface area (TPSA) is 90.7 Å². The number of benzene rings is 1. The molecule has 1 aliphatic heterocycles. The second-order valence-corrected chi connectivity index (χ2v) is 7.56. The highest BCUT2D eigenvalue weighted by molar-refractivity contribution is 7.89. The van der Waals surface area contributed by atoms with E-state index in [-0.39, 0.29) is 29.9 Å². The summed E-state index contributed by atoms with van der Waals surface area (Å²) in [7, 11) is -3.63. The zero-order chi connectivity index (χ0) is 16.2. The van der Waals surface area contributed by atoms with Crippen molar-refractivity contribution < 1.29 is 17.9 Å². The predicted molar refractivity (Wildman–Crippen MR) is 91.9 cm³/mol. The molecule has 0 spiro atoms. The second kappa shape index (κ2) is 8.73. The molecule has 1 aromatic carbocycles. The highest BCUT2D eigenvalue weighted by Crippen LogP contribution is 2.31. The van der Waals surface area contributed by atoms with Crippen molar-refractivity contribution in [3.8, 4) is 11.5 Å². The van der Waals surface area contributed by atoms with Gasteiger partial charge in [0, 0.05) is 25.1 Å². The van der Waals surface area contributed by atoms with Gasteiger partial charge in [-0.05, 0) is 24.5 Å². The minimum Gasteiger partial charge on any atom is -0.490 e. The molecule has 1 aromatic rings. The molecule has 132 valence electrons. The number of halogens is 1. The van der Waals surface area contributed by atoms with Crippen LogP contribution in [0.3, 0.4) is 0 Å². The highest BCUT2D eigenvalue weighted by atomic mass is 35.5. The van der Waals surface area contributed by atoms with E-state index in [0.717, 1.165) is 6.42 Å². The lowest BCUT2D eigenvalue weighted by Crippen LogP contribution is -2.40. The summed E-state index contributed by atoms with van der Waals surface area (Å²) in [5.74, 6) is 1.41. The molecular weight excluding hydrogens is 340 g/mol. The van der Waals surface area contributed by atoms with E-state index in [1.807, 2.05) is 13.8 Å². The summed E-state index contributed by atoms with van der Waals surface area (Å²) in [6.07, 6.45) is 1.47. The van der Waals surface area contributed by atoms with Crippen LogP contribution in [0.2, 0.25) is 0 Å². The van der Waals surface area contributed by atoms with Crippen molar-refractivity contribution in [3.63, 3.8) is 0 Å². The van der Waals surface area contributed by atoms with Crippen LogP contribution in [0, 0.1) is 5.92 Å².